The molecule has 0 aromatic heterocycles. The van der Waals surface area contributed by atoms with Crippen LogP contribution in [0.4, 0.5) is 0 Å². The van der Waals surface area contributed by atoms with E-state index in [1.54, 1.807) is 0 Å². The van der Waals surface area contributed by atoms with Crippen LogP contribution in [0.25, 0.3) is 0 Å². The second-order valence-corrected chi connectivity index (χ2v) is 5.50. The van der Waals surface area contributed by atoms with Crippen molar-refractivity contribution in [2.24, 2.45) is 0 Å². The lowest BCUT2D eigenvalue weighted by Gasteiger charge is -2.21. The molecule has 0 saturated heterocycles. The van der Waals surface area contributed by atoms with Crippen molar-refractivity contribution in [2.45, 2.75) is 53.4 Å². The number of aryl methyl sites for hydroxylation is 1. The second-order valence-electron chi connectivity index (χ2n) is 5.10. The molecule has 106 valence electrons. The van der Waals surface area contributed by atoms with Crippen molar-refractivity contribution in [1.82, 2.24) is 0 Å². The summed E-state index contributed by atoms with van der Waals surface area (Å²) in [6.07, 6.45) is 6.32. The number of hydrogen-bond acceptors (Lipinski definition) is 1. The highest BCUT2D eigenvalue weighted by Crippen LogP contribution is 2.38. The Kier molecular flexibility index (Phi) is 6.44. The van der Waals surface area contributed by atoms with Gasteiger partial charge in [0.15, 0.2) is 0 Å². The minimum atomic E-state index is 0.417. The SMILES string of the molecule is C/C=C\CC(C)c1c(C)c(Cl)cc(C)c1OCCC. The highest BCUT2D eigenvalue weighted by atomic mass is 35.5. The molecule has 1 aromatic carbocycles. The fraction of sp³-hybridized carbons (Fsp3) is 0.529. The Morgan fingerprint density at radius 3 is 2.63 bits per heavy atom. The average Bonchev–Trinajstić information content (AvgIpc) is 2.38. The van der Waals surface area contributed by atoms with Gasteiger partial charge in [0.2, 0.25) is 0 Å². The maximum atomic E-state index is 6.33. The van der Waals surface area contributed by atoms with Gasteiger partial charge < -0.3 is 4.74 Å². The fourth-order valence-electron chi connectivity index (χ4n) is 2.32. The summed E-state index contributed by atoms with van der Waals surface area (Å²) in [7, 11) is 0. The van der Waals surface area contributed by atoms with Crippen LogP contribution in [-0.4, -0.2) is 6.61 Å². The molecular formula is C17H25ClO. The molecule has 0 spiro atoms. The van der Waals surface area contributed by atoms with E-state index in [9.17, 15) is 0 Å². The Bertz CT molecular complexity index is 449. The first-order chi connectivity index (χ1) is 9.02. The molecule has 0 bridgehead atoms. The number of allylic oxidation sites excluding steroid dienone is 2. The molecule has 0 amide bonds. The van der Waals surface area contributed by atoms with Crippen molar-refractivity contribution >= 4 is 11.6 Å². The van der Waals surface area contributed by atoms with Crippen LogP contribution in [0.1, 0.15) is 56.2 Å². The lowest BCUT2D eigenvalue weighted by Crippen LogP contribution is -2.06. The Hall–Kier alpha value is -0.950. The summed E-state index contributed by atoms with van der Waals surface area (Å²) in [5, 5.41) is 0.837. The summed E-state index contributed by atoms with van der Waals surface area (Å²) < 4.78 is 5.97. The van der Waals surface area contributed by atoms with Crippen molar-refractivity contribution in [3.8, 4) is 5.75 Å². The first-order valence-corrected chi connectivity index (χ1v) is 7.44. The smallest absolute Gasteiger partial charge is 0.126 e. The molecule has 0 N–H and O–H groups in total. The van der Waals surface area contributed by atoms with Gasteiger partial charge in [0.25, 0.3) is 0 Å². The van der Waals surface area contributed by atoms with E-state index in [0.29, 0.717) is 5.92 Å². The molecule has 1 nitrogen and oxygen atoms in total. The molecule has 1 rings (SSSR count). The number of rotatable bonds is 6. The molecule has 0 aliphatic rings. The molecule has 1 unspecified atom stereocenters. The summed E-state index contributed by atoms with van der Waals surface area (Å²) in [4.78, 5) is 0. The Morgan fingerprint density at radius 1 is 1.37 bits per heavy atom. The van der Waals surface area contributed by atoms with E-state index in [1.807, 2.05) is 6.07 Å². The third kappa shape index (κ3) is 4.01. The summed E-state index contributed by atoms with van der Waals surface area (Å²) in [5.41, 5.74) is 3.54. The first-order valence-electron chi connectivity index (χ1n) is 7.06. The summed E-state index contributed by atoms with van der Waals surface area (Å²) in [6, 6.07) is 2.01. The average molecular weight is 281 g/mol. The Morgan fingerprint density at radius 2 is 2.05 bits per heavy atom. The van der Waals surface area contributed by atoms with Gasteiger partial charge in [0.1, 0.15) is 5.75 Å². The van der Waals surface area contributed by atoms with Gasteiger partial charge in [0.05, 0.1) is 6.61 Å². The molecule has 0 saturated carbocycles. The van der Waals surface area contributed by atoms with Crippen molar-refractivity contribution in [1.29, 1.82) is 0 Å². The van der Waals surface area contributed by atoms with Crippen LogP contribution < -0.4 is 4.74 Å². The lowest BCUT2D eigenvalue weighted by molar-refractivity contribution is 0.310. The van der Waals surface area contributed by atoms with E-state index in [4.69, 9.17) is 16.3 Å². The van der Waals surface area contributed by atoms with Crippen molar-refractivity contribution in [2.75, 3.05) is 6.61 Å². The molecule has 19 heavy (non-hydrogen) atoms. The minimum Gasteiger partial charge on any atom is -0.493 e. The molecule has 1 atom stereocenters. The van der Waals surface area contributed by atoms with Crippen LogP contribution in [0.15, 0.2) is 18.2 Å². The van der Waals surface area contributed by atoms with E-state index in [2.05, 4.69) is 46.8 Å². The molecule has 0 heterocycles. The van der Waals surface area contributed by atoms with Gasteiger partial charge in [-0.15, -0.1) is 0 Å². The van der Waals surface area contributed by atoms with Gasteiger partial charge in [-0.25, -0.2) is 0 Å². The predicted molar refractivity (Wildman–Crippen MR) is 84.6 cm³/mol. The number of ether oxygens (including phenoxy) is 1. The van der Waals surface area contributed by atoms with Gasteiger partial charge in [-0.3, -0.25) is 0 Å². The molecule has 2 heteroatoms. The van der Waals surface area contributed by atoms with Crippen molar-refractivity contribution in [3.05, 3.63) is 39.9 Å². The third-order valence-corrected chi connectivity index (χ3v) is 3.77. The minimum absolute atomic E-state index is 0.417. The molecule has 0 aliphatic carbocycles. The maximum absolute atomic E-state index is 6.33. The second kappa shape index (κ2) is 7.59. The van der Waals surface area contributed by atoms with Crippen LogP contribution in [0.5, 0.6) is 5.75 Å². The first kappa shape index (κ1) is 16.1. The lowest BCUT2D eigenvalue weighted by atomic mass is 9.90. The normalized spacial score (nSPS) is 12.9. The fourth-order valence-corrected chi connectivity index (χ4v) is 2.59. The van der Waals surface area contributed by atoms with Crippen molar-refractivity contribution < 1.29 is 4.74 Å². The van der Waals surface area contributed by atoms with Crippen molar-refractivity contribution in [3.63, 3.8) is 0 Å². The Labute approximate surface area is 122 Å². The van der Waals surface area contributed by atoms with E-state index in [1.165, 1.54) is 5.56 Å². The van der Waals surface area contributed by atoms with Crippen LogP contribution >= 0.6 is 11.6 Å². The van der Waals surface area contributed by atoms with E-state index in [-0.39, 0.29) is 0 Å². The predicted octanol–water partition coefficient (Wildman–Crippen LogP) is 5.82. The quantitative estimate of drug-likeness (QED) is 0.597. The molecule has 1 aromatic rings. The van der Waals surface area contributed by atoms with Gasteiger partial charge >= 0.3 is 0 Å². The van der Waals surface area contributed by atoms with Gasteiger partial charge in [-0.05, 0) is 56.7 Å². The largest absolute Gasteiger partial charge is 0.493 e. The van der Waals surface area contributed by atoms with Gasteiger partial charge in [0, 0.05) is 10.6 Å². The molecule has 0 fully saturated rings. The highest BCUT2D eigenvalue weighted by Gasteiger charge is 2.18. The topological polar surface area (TPSA) is 9.23 Å². The molecule has 0 aliphatic heterocycles. The summed E-state index contributed by atoms with van der Waals surface area (Å²) in [6.45, 7) is 11.3. The third-order valence-electron chi connectivity index (χ3n) is 3.38. The molecule has 0 radical (unpaired) electrons. The summed E-state index contributed by atoms with van der Waals surface area (Å²) >= 11 is 6.33. The number of benzene rings is 1. The van der Waals surface area contributed by atoms with Crippen LogP contribution in [0, 0.1) is 13.8 Å². The van der Waals surface area contributed by atoms with E-state index >= 15 is 0 Å². The standard InChI is InChI=1S/C17H25ClO/c1-6-8-9-12(3)16-14(5)15(18)11-13(4)17(16)19-10-7-2/h6,8,11-12H,7,9-10H2,1-5H3/b8-6-. The summed E-state index contributed by atoms with van der Waals surface area (Å²) in [5.74, 6) is 1.45. The maximum Gasteiger partial charge on any atom is 0.126 e. The van der Waals surface area contributed by atoms with Gasteiger partial charge in [-0.2, -0.15) is 0 Å². The van der Waals surface area contributed by atoms with Gasteiger partial charge in [-0.1, -0.05) is 37.6 Å². The molecular weight excluding hydrogens is 256 g/mol. The number of halogens is 1. The monoisotopic (exact) mass is 280 g/mol. The zero-order valence-electron chi connectivity index (χ0n) is 12.7. The highest BCUT2D eigenvalue weighted by molar-refractivity contribution is 6.31. The number of hydrogen-bond donors (Lipinski definition) is 0. The zero-order valence-corrected chi connectivity index (χ0v) is 13.5. The van der Waals surface area contributed by atoms with Crippen LogP contribution in [0.2, 0.25) is 5.02 Å². The zero-order chi connectivity index (χ0) is 14.4. The van der Waals surface area contributed by atoms with E-state index in [0.717, 1.165) is 41.3 Å². The Balaban J connectivity index is 3.23. The van der Waals surface area contributed by atoms with E-state index < -0.39 is 0 Å². The van der Waals surface area contributed by atoms with Crippen LogP contribution in [-0.2, 0) is 0 Å². The van der Waals surface area contributed by atoms with Crippen LogP contribution in [0.3, 0.4) is 0 Å².